The predicted octanol–water partition coefficient (Wildman–Crippen LogP) is 3.15. The van der Waals surface area contributed by atoms with E-state index in [1.165, 1.54) is 37.4 Å². The molecule has 0 saturated heterocycles. The Bertz CT molecular complexity index is 778. The Morgan fingerprint density at radius 3 is 2.57 bits per heavy atom. The summed E-state index contributed by atoms with van der Waals surface area (Å²) in [7, 11) is -2.39. The molecule has 2 aromatic carbocycles. The standard InChI is InChI=1S/C14H13BrFNO3S/c1-20-13-7-11(17)4-5-14(13)21(18,19)8-9-2-3-10(15)6-12(9)16/h2-7H,8,17H2,1H3. The lowest BCUT2D eigenvalue weighted by Crippen LogP contribution is -2.08. The fourth-order valence-corrected chi connectivity index (χ4v) is 3.72. The molecule has 7 heteroatoms. The van der Waals surface area contributed by atoms with Gasteiger partial charge >= 0.3 is 0 Å². The molecule has 0 spiro atoms. The summed E-state index contributed by atoms with van der Waals surface area (Å²) < 4.78 is 44.2. The molecule has 2 N–H and O–H groups in total. The number of benzene rings is 2. The summed E-state index contributed by atoms with van der Waals surface area (Å²) in [5.74, 6) is -0.887. The molecule has 112 valence electrons. The molecular weight excluding hydrogens is 361 g/mol. The van der Waals surface area contributed by atoms with Crippen LogP contribution >= 0.6 is 15.9 Å². The number of hydrogen-bond acceptors (Lipinski definition) is 4. The Morgan fingerprint density at radius 2 is 1.95 bits per heavy atom. The molecule has 0 unspecified atom stereocenters. The topological polar surface area (TPSA) is 69.4 Å². The molecular formula is C14H13BrFNO3S. The van der Waals surface area contributed by atoms with Gasteiger partial charge < -0.3 is 10.5 Å². The van der Waals surface area contributed by atoms with Crippen molar-refractivity contribution in [2.45, 2.75) is 10.6 Å². The number of anilines is 1. The lowest BCUT2D eigenvalue weighted by molar-refractivity contribution is 0.403. The van der Waals surface area contributed by atoms with Crippen LogP contribution in [0.25, 0.3) is 0 Å². The summed E-state index contributed by atoms with van der Waals surface area (Å²) in [4.78, 5) is -0.0125. The number of nitrogen functional groups attached to an aromatic ring is 1. The third kappa shape index (κ3) is 3.54. The first-order valence-electron chi connectivity index (χ1n) is 5.93. The molecule has 0 fully saturated rings. The maximum absolute atomic E-state index is 13.8. The van der Waals surface area contributed by atoms with Gasteiger partial charge in [0.05, 0.1) is 12.9 Å². The van der Waals surface area contributed by atoms with E-state index >= 15 is 0 Å². The first-order chi connectivity index (χ1) is 9.83. The van der Waals surface area contributed by atoms with Crippen LogP contribution in [0.1, 0.15) is 5.56 Å². The fourth-order valence-electron chi connectivity index (χ4n) is 1.86. The maximum atomic E-state index is 13.8. The van der Waals surface area contributed by atoms with Crippen molar-refractivity contribution in [3.8, 4) is 5.75 Å². The van der Waals surface area contributed by atoms with Gasteiger partial charge in [-0.3, -0.25) is 0 Å². The molecule has 0 aliphatic heterocycles. The van der Waals surface area contributed by atoms with E-state index in [0.717, 1.165) is 0 Å². The molecule has 21 heavy (non-hydrogen) atoms. The van der Waals surface area contributed by atoms with Gasteiger partial charge in [0.25, 0.3) is 0 Å². The van der Waals surface area contributed by atoms with Gasteiger partial charge in [-0.1, -0.05) is 22.0 Å². The number of methoxy groups -OCH3 is 1. The number of hydrogen-bond donors (Lipinski definition) is 1. The molecule has 2 rings (SSSR count). The Labute approximate surface area is 130 Å². The van der Waals surface area contributed by atoms with Crippen molar-refractivity contribution in [1.82, 2.24) is 0 Å². The Balaban J connectivity index is 2.43. The van der Waals surface area contributed by atoms with Crippen LogP contribution in [0.5, 0.6) is 5.75 Å². The highest BCUT2D eigenvalue weighted by molar-refractivity contribution is 9.10. The molecule has 0 atom stereocenters. The van der Waals surface area contributed by atoms with Crippen molar-refractivity contribution in [2.75, 3.05) is 12.8 Å². The largest absolute Gasteiger partial charge is 0.495 e. The third-order valence-electron chi connectivity index (χ3n) is 2.88. The molecule has 0 aliphatic rings. The summed E-state index contributed by atoms with van der Waals surface area (Å²) in [6.45, 7) is 0. The number of halogens is 2. The molecule has 0 heterocycles. The molecule has 0 amide bonds. The minimum atomic E-state index is -3.74. The Hall–Kier alpha value is -1.60. The second-order valence-electron chi connectivity index (χ2n) is 4.41. The van der Waals surface area contributed by atoms with Gasteiger partial charge in [0.15, 0.2) is 9.84 Å². The van der Waals surface area contributed by atoms with Crippen molar-refractivity contribution < 1.29 is 17.5 Å². The molecule has 0 bridgehead atoms. The first-order valence-corrected chi connectivity index (χ1v) is 8.38. The van der Waals surface area contributed by atoms with Crippen molar-refractivity contribution in [3.63, 3.8) is 0 Å². The summed E-state index contributed by atoms with van der Waals surface area (Å²) in [5.41, 5.74) is 6.08. The molecule has 0 radical (unpaired) electrons. The SMILES string of the molecule is COc1cc(N)ccc1S(=O)(=O)Cc1ccc(Br)cc1F. The van der Waals surface area contributed by atoms with Gasteiger partial charge in [0, 0.05) is 21.8 Å². The van der Waals surface area contributed by atoms with Crippen LogP contribution in [0.3, 0.4) is 0 Å². The van der Waals surface area contributed by atoms with E-state index in [9.17, 15) is 12.8 Å². The number of rotatable bonds is 4. The van der Waals surface area contributed by atoms with Gasteiger partial charge in [-0.2, -0.15) is 0 Å². The Morgan fingerprint density at radius 1 is 1.24 bits per heavy atom. The lowest BCUT2D eigenvalue weighted by atomic mass is 10.2. The highest BCUT2D eigenvalue weighted by Crippen LogP contribution is 2.29. The van der Waals surface area contributed by atoms with Gasteiger partial charge in [-0.05, 0) is 24.3 Å². The second-order valence-corrected chi connectivity index (χ2v) is 7.28. The van der Waals surface area contributed by atoms with E-state index in [2.05, 4.69) is 15.9 Å². The quantitative estimate of drug-likeness (QED) is 0.835. The van der Waals surface area contributed by atoms with Crippen molar-refractivity contribution in [2.24, 2.45) is 0 Å². The highest BCUT2D eigenvalue weighted by Gasteiger charge is 2.22. The summed E-state index contributed by atoms with van der Waals surface area (Å²) >= 11 is 3.13. The fraction of sp³-hybridized carbons (Fsp3) is 0.143. The van der Waals surface area contributed by atoms with Gasteiger partial charge in [0.1, 0.15) is 16.5 Å². The number of sulfone groups is 1. The average molecular weight is 374 g/mol. The minimum absolute atomic E-state index is 0.0125. The van der Waals surface area contributed by atoms with Crippen molar-refractivity contribution in [3.05, 3.63) is 52.3 Å². The van der Waals surface area contributed by atoms with E-state index in [4.69, 9.17) is 10.5 Å². The summed E-state index contributed by atoms with van der Waals surface area (Å²) in [6.07, 6.45) is 0. The van der Waals surface area contributed by atoms with E-state index in [1.54, 1.807) is 6.07 Å². The number of nitrogens with two attached hydrogens (primary N) is 1. The zero-order valence-electron chi connectivity index (χ0n) is 11.1. The van der Waals surface area contributed by atoms with Crippen LogP contribution < -0.4 is 10.5 Å². The van der Waals surface area contributed by atoms with Crippen LogP contribution in [0.4, 0.5) is 10.1 Å². The molecule has 4 nitrogen and oxygen atoms in total. The minimum Gasteiger partial charge on any atom is -0.495 e. The maximum Gasteiger partial charge on any atom is 0.186 e. The normalized spacial score (nSPS) is 11.4. The first kappa shape index (κ1) is 15.8. The lowest BCUT2D eigenvalue weighted by Gasteiger charge is -2.11. The molecule has 2 aromatic rings. The third-order valence-corrected chi connectivity index (χ3v) is 5.08. The van der Waals surface area contributed by atoms with Crippen molar-refractivity contribution >= 4 is 31.5 Å². The summed E-state index contributed by atoms with van der Waals surface area (Å²) in [6, 6.07) is 8.50. The highest BCUT2D eigenvalue weighted by atomic mass is 79.9. The van der Waals surface area contributed by atoms with E-state index < -0.39 is 21.4 Å². The van der Waals surface area contributed by atoms with E-state index in [0.29, 0.717) is 10.2 Å². The van der Waals surface area contributed by atoms with Crippen LogP contribution in [0.2, 0.25) is 0 Å². The average Bonchev–Trinajstić information content (AvgIpc) is 2.41. The molecule has 0 aliphatic carbocycles. The van der Waals surface area contributed by atoms with Crippen LogP contribution in [-0.4, -0.2) is 15.5 Å². The number of ether oxygens (including phenoxy) is 1. The van der Waals surface area contributed by atoms with E-state index in [1.807, 2.05) is 0 Å². The van der Waals surface area contributed by atoms with Gasteiger partial charge in [-0.15, -0.1) is 0 Å². The van der Waals surface area contributed by atoms with Gasteiger partial charge in [0.2, 0.25) is 0 Å². The molecule has 0 saturated carbocycles. The summed E-state index contributed by atoms with van der Waals surface area (Å²) in [5, 5.41) is 0. The van der Waals surface area contributed by atoms with Crippen LogP contribution in [0.15, 0.2) is 45.8 Å². The monoisotopic (exact) mass is 373 g/mol. The van der Waals surface area contributed by atoms with Crippen LogP contribution in [0, 0.1) is 5.82 Å². The zero-order valence-corrected chi connectivity index (χ0v) is 13.5. The van der Waals surface area contributed by atoms with Crippen LogP contribution in [-0.2, 0) is 15.6 Å². The predicted molar refractivity (Wildman–Crippen MR) is 82.4 cm³/mol. The van der Waals surface area contributed by atoms with Gasteiger partial charge in [-0.25, -0.2) is 12.8 Å². The second kappa shape index (κ2) is 6.03. The zero-order chi connectivity index (χ0) is 15.6. The van der Waals surface area contributed by atoms with Crippen molar-refractivity contribution in [1.29, 1.82) is 0 Å². The molecule has 0 aromatic heterocycles. The smallest absolute Gasteiger partial charge is 0.186 e. The van der Waals surface area contributed by atoms with E-state index in [-0.39, 0.29) is 16.2 Å². The Kier molecular flexibility index (Phi) is 4.53.